The van der Waals surface area contributed by atoms with Crippen LogP contribution in [0.15, 0.2) is 53.4 Å². The second-order valence-electron chi connectivity index (χ2n) is 7.85. The Morgan fingerprint density at radius 1 is 1.00 bits per heavy atom. The van der Waals surface area contributed by atoms with Crippen LogP contribution in [0.4, 0.5) is 4.39 Å². The van der Waals surface area contributed by atoms with Crippen molar-refractivity contribution in [2.75, 3.05) is 26.2 Å². The number of halogens is 1. The maximum Gasteiger partial charge on any atom is 0.256 e. The van der Waals surface area contributed by atoms with E-state index in [2.05, 4.69) is 4.72 Å². The molecule has 1 saturated heterocycles. The van der Waals surface area contributed by atoms with Gasteiger partial charge in [0.1, 0.15) is 5.82 Å². The molecule has 8 nitrogen and oxygen atoms in total. The highest BCUT2D eigenvalue weighted by Gasteiger charge is 2.31. The largest absolute Gasteiger partial charge is 0.336 e. The van der Waals surface area contributed by atoms with Crippen molar-refractivity contribution in [3.63, 3.8) is 0 Å². The molecule has 11 heteroatoms. The molecule has 174 valence electrons. The molecule has 1 heterocycles. The summed E-state index contributed by atoms with van der Waals surface area (Å²) in [5.41, 5.74) is 0.304. The zero-order valence-corrected chi connectivity index (χ0v) is 19.5. The minimum atomic E-state index is -3.90. The zero-order valence-electron chi connectivity index (χ0n) is 17.9. The van der Waals surface area contributed by atoms with Gasteiger partial charge in [0.15, 0.2) is 0 Å². The maximum absolute atomic E-state index is 14.4. The summed E-state index contributed by atoms with van der Waals surface area (Å²) in [6.45, 7) is 3.61. The van der Waals surface area contributed by atoms with Gasteiger partial charge in [0.2, 0.25) is 20.0 Å². The normalized spacial score (nSPS) is 15.8. The number of carbonyl (C=O) groups is 1. The Bertz CT molecular complexity index is 1180. The quantitative estimate of drug-likeness (QED) is 0.647. The lowest BCUT2D eigenvalue weighted by Crippen LogP contribution is -2.50. The van der Waals surface area contributed by atoms with Gasteiger partial charge in [-0.2, -0.15) is 4.31 Å². The fraction of sp³-hybridized carbons (Fsp3) is 0.381. The number of hydrogen-bond acceptors (Lipinski definition) is 5. The summed E-state index contributed by atoms with van der Waals surface area (Å²) in [7, 11) is -7.46. The number of carbonyl (C=O) groups excluding carboxylic acids is 1. The van der Waals surface area contributed by atoms with Crippen LogP contribution in [0.25, 0.3) is 0 Å². The Balaban J connectivity index is 1.71. The molecule has 1 aliphatic heterocycles. The molecule has 3 rings (SSSR count). The van der Waals surface area contributed by atoms with E-state index in [0.29, 0.717) is 5.56 Å². The van der Waals surface area contributed by atoms with Gasteiger partial charge in [-0.25, -0.2) is 25.9 Å². The van der Waals surface area contributed by atoms with Crippen LogP contribution in [0.5, 0.6) is 0 Å². The van der Waals surface area contributed by atoms with Crippen LogP contribution in [0.1, 0.15) is 29.8 Å². The van der Waals surface area contributed by atoms with Crippen LogP contribution in [-0.2, 0) is 25.8 Å². The van der Waals surface area contributed by atoms with Crippen molar-refractivity contribution in [3.8, 4) is 0 Å². The molecule has 0 aliphatic carbocycles. The number of sulfonamides is 2. The average molecular weight is 484 g/mol. The van der Waals surface area contributed by atoms with Gasteiger partial charge in [0, 0.05) is 32.2 Å². The molecule has 0 atom stereocenters. The molecule has 1 fully saturated rings. The summed E-state index contributed by atoms with van der Waals surface area (Å²) in [5, 5.41) is 0. The van der Waals surface area contributed by atoms with Crippen LogP contribution in [0, 0.1) is 5.82 Å². The zero-order chi connectivity index (χ0) is 23.5. The molecule has 0 radical (unpaired) electrons. The summed E-state index contributed by atoms with van der Waals surface area (Å²) in [4.78, 5) is 14.0. The summed E-state index contributed by atoms with van der Waals surface area (Å²) >= 11 is 0. The third kappa shape index (κ3) is 5.71. The first kappa shape index (κ1) is 24.3. The fourth-order valence-corrected chi connectivity index (χ4v) is 6.22. The highest BCUT2D eigenvalue weighted by Crippen LogP contribution is 2.20. The van der Waals surface area contributed by atoms with Crippen molar-refractivity contribution in [2.24, 2.45) is 0 Å². The first-order valence-electron chi connectivity index (χ1n) is 10.1. The number of amides is 1. The van der Waals surface area contributed by atoms with Gasteiger partial charge in [-0.05, 0) is 37.6 Å². The molecule has 1 amide bonds. The van der Waals surface area contributed by atoms with Crippen molar-refractivity contribution < 1.29 is 26.0 Å². The summed E-state index contributed by atoms with van der Waals surface area (Å²) < 4.78 is 68.2. The van der Waals surface area contributed by atoms with E-state index in [4.69, 9.17) is 0 Å². The number of nitrogens with zero attached hydrogens (tertiary/aromatic N) is 2. The number of piperazine rings is 1. The highest BCUT2D eigenvalue weighted by atomic mass is 32.2. The third-order valence-corrected chi connectivity index (χ3v) is 8.49. The smallest absolute Gasteiger partial charge is 0.256 e. The minimum absolute atomic E-state index is 0.0769. The van der Waals surface area contributed by atoms with Crippen molar-refractivity contribution in [1.29, 1.82) is 0 Å². The van der Waals surface area contributed by atoms with E-state index >= 15 is 0 Å². The highest BCUT2D eigenvalue weighted by molar-refractivity contribution is 7.89. The monoisotopic (exact) mass is 483 g/mol. The Labute approximate surface area is 188 Å². The lowest BCUT2D eigenvalue weighted by atomic mass is 10.1. The predicted molar refractivity (Wildman–Crippen MR) is 118 cm³/mol. The summed E-state index contributed by atoms with van der Waals surface area (Å²) in [6.07, 6.45) is 0. The number of nitrogens with one attached hydrogen (secondary N) is 1. The van der Waals surface area contributed by atoms with Crippen molar-refractivity contribution in [1.82, 2.24) is 13.9 Å². The van der Waals surface area contributed by atoms with Gasteiger partial charge in [-0.1, -0.05) is 30.3 Å². The van der Waals surface area contributed by atoms with Crippen molar-refractivity contribution in [3.05, 3.63) is 65.5 Å². The molecule has 0 spiro atoms. The van der Waals surface area contributed by atoms with Gasteiger partial charge >= 0.3 is 0 Å². The van der Waals surface area contributed by atoms with E-state index < -0.39 is 31.8 Å². The van der Waals surface area contributed by atoms with Gasteiger partial charge in [0.05, 0.1) is 16.2 Å². The molecule has 0 bridgehead atoms. The summed E-state index contributed by atoms with van der Waals surface area (Å²) in [5.74, 6) is -1.65. The van der Waals surface area contributed by atoms with E-state index in [1.165, 1.54) is 9.21 Å². The second-order valence-corrected chi connectivity index (χ2v) is 11.5. The predicted octanol–water partition coefficient (Wildman–Crippen LogP) is 1.80. The van der Waals surface area contributed by atoms with Gasteiger partial charge in [-0.3, -0.25) is 4.79 Å². The standard InChI is InChI=1S/C21H26FN3O5S2/c1-16(2)23-32(29,30)18-8-9-20(22)19(14-18)21(26)24-10-12-25(13-11-24)31(27,28)15-17-6-4-3-5-7-17/h3-9,14,16,23H,10-13,15H2,1-2H3. The van der Waals surface area contributed by atoms with Crippen LogP contribution in [-0.4, -0.2) is 64.2 Å². The molecule has 2 aromatic rings. The molecular formula is C21H26FN3O5S2. The van der Waals surface area contributed by atoms with Gasteiger partial charge in [0.25, 0.3) is 5.91 Å². The van der Waals surface area contributed by atoms with E-state index in [1.807, 2.05) is 0 Å². The SMILES string of the molecule is CC(C)NS(=O)(=O)c1ccc(F)c(C(=O)N2CCN(S(=O)(=O)Cc3ccccc3)CC2)c1. The van der Waals surface area contributed by atoms with Crippen LogP contribution in [0.3, 0.4) is 0 Å². The Morgan fingerprint density at radius 2 is 1.62 bits per heavy atom. The lowest BCUT2D eigenvalue weighted by molar-refractivity contribution is 0.0692. The van der Waals surface area contributed by atoms with E-state index in [9.17, 15) is 26.0 Å². The molecular weight excluding hydrogens is 457 g/mol. The van der Waals surface area contributed by atoms with Crippen molar-refractivity contribution in [2.45, 2.75) is 30.5 Å². The first-order valence-corrected chi connectivity index (χ1v) is 13.2. The first-order chi connectivity index (χ1) is 15.0. The van der Waals surface area contributed by atoms with E-state index in [1.54, 1.807) is 44.2 Å². The average Bonchev–Trinajstić information content (AvgIpc) is 2.73. The Morgan fingerprint density at radius 3 is 2.22 bits per heavy atom. The minimum Gasteiger partial charge on any atom is -0.336 e. The second kappa shape index (κ2) is 9.65. The van der Waals surface area contributed by atoms with Crippen LogP contribution >= 0.6 is 0 Å². The van der Waals surface area contributed by atoms with E-state index in [0.717, 1.165) is 18.2 Å². The maximum atomic E-state index is 14.4. The number of rotatable bonds is 7. The fourth-order valence-electron chi connectivity index (χ4n) is 3.43. The molecule has 0 saturated carbocycles. The number of hydrogen-bond donors (Lipinski definition) is 1. The molecule has 2 aromatic carbocycles. The third-order valence-electron chi connectivity index (χ3n) is 4.98. The van der Waals surface area contributed by atoms with Crippen LogP contribution < -0.4 is 4.72 Å². The Kier molecular flexibility index (Phi) is 7.33. The van der Waals surface area contributed by atoms with Gasteiger partial charge < -0.3 is 4.90 Å². The molecule has 1 aliphatic rings. The Hall–Kier alpha value is -2.34. The number of benzene rings is 2. The van der Waals surface area contributed by atoms with Gasteiger partial charge in [-0.15, -0.1) is 0 Å². The van der Waals surface area contributed by atoms with Crippen molar-refractivity contribution >= 4 is 26.0 Å². The van der Waals surface area contributed by atoms with Crippen LogP contribution in [0.2, 0.25) is 0 Å². The topological polar surface area (TPSA) is 104 Å². The molecule has 1 N–H and O–H groups in total. The lowest BCUT2D eigenvalue weighted by Gasteiger charge is -2.34. The molecule has 0 aromatic heterocycles. The summed E-state index contributed by atoms with van der Waals surface area (Å²) in [6, 6.07) is 11.5. The van der Waals surface area contributed by atoms with E-state index in [-0.39, 0.29) is 48.4 Å². The molecule has 0 unspecified atom stereocenters. The molecule has 32 heavy (non-hydrogen) atoms.